The van der Waals surface area contributed by atoms with Crippen LogP contribution in [0, 0.1) is 11.6 Å². The van der Waals surface area contributed by atoms with Crippen molar-refractivity contribution in [2.45, 2.75) is 25.0 Å². The van der Waals surface area contributed by atoms with E-state index in [1.807, 2.05) is 4.90 Å². The molecule has 11 heteroatoms. The van der Waals surface area contributed by atoms with E-state index in [9.17, 15) is 18.7 Å². The quantitative estimate of drug-likeness (QED) is 0.483. The molecule has 3 heterocycles. The number of fused-ring (bicyclic) bond motifs is 1. The molecular formula is C20H21F2N5O4. The number of carbonyl (C=O) groups is 1. The van der Waals surface area contributed by atoms with Crippen LogP contribution in [0.25, 0.3) is 5.65 Å². The van der Waals surface area contributed by atoms with Gasteiger partial charge in [0.05, 0.1) is 18.8 Å². The molecule has 164 valence electrons. The average Bonchev–Trinajstić information content (AvgIpc) is 3.41. The van der Waals surface area contributed by atoms with Gasteiger partial charge in [-0.25, -0.2) is 23.8 Å². The Kier molecular flexibility index (Phi) is 6.07. The number of aliphatic hydroxyl groups excluding tert-OH is 2. The summed E-state index contributed by atoms with van der Waals surface area (Å²) in [6.45, 7) is -0.184. The number of benzene rings is 1. The van der Waals surface area contributed by atoms with E-state index in [0.717, 1.165) is 18.6 Å². The van der Waals surface area contributed by atoms with Gasteiger partial charge in [-0.05, 0) is 37.1 Å². The molecule has 1 fully saturated rings. The predicted octanol–water partition coefficient (Wildman–Crippen LogP) is 1.36. The van der Waals surface area contributed by atoms with E-state index >= 15 is 0 Å². The maximum absolute atomic E-state index is 14.4. The van der Waals surface area contributed by atoms with Gasteiger partial charge in [-0.3, -0.25) is 9.63 Å². The van der Waals surface area contributed by atoms with Crippen molar-refractivity contribution < 1.29 is 28.6 Å². The number of carbonyl (C=O) groups excluding carboxylic acids is 1. The van der Waals surface area contributed by atoms with E-state index in [2.05, 4.69) is 15.6 Å². The number of nitrogens with zero attached hydrogens (tertiary/aromatic N) is 4. The van der Waals surface area contributed by atoms with Gasteiger partial charge in [-0.2, -0.15) is 5.10 Å². The van der Waals surface area contributed by atoms with E-state index < -0.39 is 30.3 Å². The molecule has 1 aliphatic rings. The number of hydrogen-bond donors (Lipinski definition) is 3. The minimum Gasteiger partial charge on any atom is -0.394 e. The molecule has 3 aromatic rings. The lowest BCUT2D eigenvalue weighted by molar-refractivity contribution is -0.0294. The van der Waals surface area contributed by atoms with Gasteiger partial charge in [-0.1, -0.05) is 0 Å². The highest BCUT2D eigenvalue weighted by molar-refractivity contribution is 5.99. The fourth-order valence-electron chi connectivity index (χ4n) is 3.62. The predicted molar refractivity (Wildman–Crippen MR) is 105 cm³/mol. The van der Waals surface area contributed by atoms with Crippen LogP contribution in [0.15, 0.2) is 36.7 Å². The standard InChI is InChI=1S/C20H21F2N5O4/c21-12-3-4-16(22)14(8-12)17-2-1-6-26(17)18-5-7-27-19(24-18)15(9-23-27)20(30)25-31-11-13(29)10-28/h3-5,7-9,13,17,28-29H,1-2,6,10-11H2,(H,25,30)/t13-,17-/m1/s1. The largest absolute Gasteiger partial charge is 0.394 e. The Balaban J connectivity index is 1.59. The summed E-state index contributed by atoms with van der Waals surface area (Å²) in [6.07, 6.45) is 3.25. The summed E-state index contributed by atoms with van der Waals surface area (Å²) in [6, 6.07) is 4.72. The third-order valence-corrected chi connectivity index (χ3v) is 5.11. The number of aliphatic hydroxyl groups is 2. The van der Waals surface area contributed by atoms with Gasteiger partial charge in [-0.15, -0.1) is 0 Å². The van der Waals surface area contributed by atoms with Crippen LogP contribution in [0.1, 0.15) is 34.8 Å². The Morgan fingerprint density at radius 1 is 1.35 bits per heavy atom. The van der Waals surface area contributed by atoms with Gasteiger partial charge in [0.2, 0.25) is 0 Å². The van der Waals surface area contributed by atoms with Crippen molar-refractivity contribution in [3.05, 3.63) is 59.4 Å². The summed E-state index contributed by atoms with van der Waals surface area (Å²) in [5.74, 6) is -1.11. The summed E-state index contributed by atoms with van der Waals surface area (Å²) in [4.78, 5) is 23.7. The Bertz CT molecular complexity index is 1090. The average molecular weight is 433 g/mol. The fourth-order valence-corrected chi connectivity index (χ4v) is 3.62. The summed E-state index contributed by atoms with van der Waals surface area (Å²) in [5, 5.41) is 22.1. The summed E-state index contributed by atoms with van der Waals surface area (Å²) < 4.78 is 29.5. The van der Waals surface area contributed by atoms with Crippen LogP contribution in [0.5, 0.6) is 0 Å². The van der Waals surface area contributed by atoms with E-state index in [1.165, 1.54) is 16.8 Å². The first-order valence-corrected chi connectivity index (χ1v) is 9.75. The number of aromatic nitrogens is 3. The van der Waals surface area contributed by atoms with E-state index in [1.54, 1.807) is 12.3 Å². The molecule has 1 aromatic carbocycles. The number of halogens is 2. The van der Waals surface area contributed by atoms with Crippen LogP contribution in [0.2, 0.25) is 0 Å². The Morgan fingerprint density at radius 2 is 2.19 bits per heavy atom. The smallest absolute Gasteiger partial charge is 0.280 e. The maximum Gasteiger partial charge on any atom is 0.280 e. The first-order chi connectivity index (χ1) is 15.0. The van der Waals surface area contributed by atoms with Crippen molar-refractivity contribution in [2.75, 3.05) is 24.7 Å². The molecule has 0 aliphatic carbocycles. The Morgan fingerprint density at radius 3 is 3.00 bits per heavy atom. The van der Waals surface area contributed by atoms with Crippen molar-refractivity contribution in [3.63, 3.8) is 0 Å². The maximum atomic E-state index is 14.4. The van der Waals surface area contributed by atoms with Crippen molar-refractivity contribution >= 4 is 17.4 Å². The zero-order chi connectivity index (χ0) is 22.0. The second-order valence-electron chi connectivity index (χ2n) is 7.21. The highest BCUT2D eigenvalue weighted by atomic mass is 19.1. The molecule has 1 saturated heterocycles. The van der Waals surface area contributed by atoms with Crippen molar-refractivity contribution in [1.82, 2.24) is 20.1 Å². The van der Waals surface area contributed by atoms with Crippen LogP contribution in [0.4, 0.5) is 14.6 Å². The van der Waals surface area contributed by atoms with Gasteiger partial charge in [0.25, 0.3) is 5.91 Å². The number of nitrogens with one attached hydrogen (secondary N) is 1. The Labute approximate surface area is 175 Å². The highest BCUT2D eigenvalue weighted by Gasteiger charge is 2.30. The third-order valence-electron chi connectivity index (χ3n) is 5.11. The Hall–Kier alpha value is -3.15. The first kappa shape index (κ1) is 21.1. The molecule has 0 saturated carbocycles. The monoisotopic (exact) mass is 433 g/mol. The minimum atomic E-state index is -1.12. The first-order valence-electron chi connectivity index (χ1n) is 9.75. The van der Waals surface area contributed by atoms with E-state index in [4.69, 9.17) is 9.94 Å². The lowest BCUT2D eigenvalue weighted by atomic mass is 10.0. The normalized spacial score (nSPS) is 17.3. The molecule has 3 N–H and O–H groups in total. The van der Waals surface area contributed by atoms with Gasteiger partial charge in [0, 0.05) is 18.3 Å². The number of hydrogen-bond acceptors (Lipinski definition) is 7. The number of anilines is 1. The molecule has 0 spiro atoms. The van der Waals surface area contributed by atoms with Crippen LogP contribution in [-0.2, 0) is 4.84 Å². The summed E-state index contributed by atoms with van der Waals surface area (Å²) in [5.41, 5.74) is 2.83. The number of hydroxylamine groups is 1. The molecule has 0 radical (unpaired) electrons. The molecule has 1 aliphatic heterocycles. The summed E-state index contributed by atoms with van der Waals surface area (Å²) in [7, 11) is 0. The second-order valence-corrected chi connectivity index (χ2v) is 7.21. The molecule has 0 unspecified atom stereocenters. The van der Waals surface area contributed by atoms with Crippen LogP contribution in [0.3, 0.4) is 0 Å². The van der Waals surface area contributed by atoms with Gasteiger partial charge < -0.3 is 15.1 Å². The molecule has 9 nitrogen and oxygen atoms in total. The molecule has 31 heavy (non-hydrogen) atoms. The zero-order valence-corrected chi connectivity index (χ0v) is 16.4. The molecule has 2 atom stereocenters. The lowest BCUT2D eigenvalue weighted by Gasteiger charge is -2.26. The molecule has 2 aromatic heterocycles. The van der Waals surface area contributed by atoms with Gasteiger partial charge in [0.15, 0.2) is 5.65 Å². The summed E-state index contributed by atoms with van der Waals surface area (Å²) >= 11 is 0. The van der Waals surface area contributed by atoms with E-state index in [-0.39, 0.29) is 29.4 Å². The van der Waals surface area contributed by atoms with Crippen LogP contribution < -0.4 is 10.4 Å². The molecule has 4 rings (SSSR count). The number of amides is 1. The third kappa shape index (κ3) is 4.33. The van der Waals surface area contributed by atoms with Crippen LogP contribution >= 0.6 is 0 Å². The van der Waals surface area contributed by atoms with Crippen molar-refractivity contribution in [1.29, 1.82) is 0 Å². The van der Waals surface area contributed by atoms with Crippen LogP contribution in [-0.4, -0.2) is 56.6 Å². The van der Waals surface area contributed by atoms with Gasteiger partial charge in [0.1, 0.15) is 35.7 Å². The van der Waals surface area contributed by atoms with Gasteiger partial charge >= 0.3 is 0 Å². The van der Waals surface area contributed by atoms with Crippen molar-refractivity contribution in [3.8, 4) is 0 Å². The van der Waals surface area contributed by atoms with Crippen molar-refractivity contribution in [2.24, 2.45) is 0 Å². The molecular weight excluding hydrogens is 412 g/mol. The minimum absolute atomic E-state index is 0.132. The molecule has 1 amide bonds. The zero-order valence-electron chi connectivity index (χ0n) is 16.4. The fraction of sp³-hybridized carbons (Fsp3) is 0.350. The number of rotatable bonds is 7. The second kappa shape index (κ2) is 8.92. The SMILES string of the molecule is O=C(NOC[C@H](O)CO)c1cnn2ccc(N3CCC[C@@H]3c3cc(F)ccc3F)nc12. The topological polar surface area (TPSA) is 112 Å². The van der Waals surface area contributed by atoms with E-state index in [0.29, 0.717) is 18.8 Å². The lowest BCUT2D eigenvalue weighted by Crippen LogP contribution is -2.30. The highest BCUT2D eigenvalue weighted by Crippen LogP contribution is 2.36. The molecule has 0 bridgehead atoms.